The molecule has 0 aliphatic carbocycles. The molecular formula is C10H11BrO2. The topological polar surface area (TPSA) is 26.3 Å². The highest BCUT2D eigenvalue weighted by molar-refractivity contribution is 9.10. The van der Waals surface area contributed by atoms with Crippen molar-refractivity contribution in [3.63, 3.8) is 0 Å². The van der Waals surface area contributed by atoms with Crippen LogP contribution in [0.4, 0.5) is 0 Å². The second-order valence-electron chi connectivity index (χ2n) is 2.62. The number of hydrogen-bond donors (Lipinski definition) is 0. The summed E-state index contributed by atoms with van der Waals surface area (Å²) >= 11 is 3.38. The minimum atomic E-state index is 0.664. The number of halogens is 1. The van der Waals surface area contributed by atoms with E-state index in [1.54, 1.807) is 13.2 Å². The van der Waals surface area contributed by atoms with Gasteiger partial charge in [-0.3, -0.25) is 4.79 Å². The van der Waals surface area contributed by atoms with Crippen molar-refractivity contribution < 1.29 is 9.53 Å². The molecule has 0 spiro atoms. The summed E-state index contributed by atoms with van der Waals surface area (Å²) in [5.74, 6) is 0.819. The first-order valence-electron chi connectivity index (χ1n) is 4.05. The molecule has 0 amide bonds. The van der Waals surface area contributed by atoms with Crippen LogP contribution in [0.2, 0.25) is 0 Å². The van der Waals surface area contributed by atoms with Crippen LogP contribution in [0.1, 0.15) is 22.8 Å². The largest absolute Gasteiger partial charge is 0.496 e. The van der Waals surface area contributed by atoms with Gasteiger partial charge in [0.1, 0.15) is 5.75 Å². The Bertz CT molecular complexity index is 321. The highest BCUT2D eigenvalue weighted by Crippen LogP contribution is 2.29. The molecule has 0 bridgehead atoms. The summed E-state index contributed by atoms with van der Waals surface area (Å²) in [5.41, 5.74) is 1.70. The van der Waals surface area contributed by atoms with Crippen LogP contribution in [-0.2, 0) is 6.42 Å². The van der Waals surface area contributed by atoms with Crippen LogP contribution < -0.4 is 4.74 Å². The average molecular weight is 243 g/mol. The predicted molar refractivity (Wildman–Crippen MR) is 55.5 cm³/mol. The van der Waals surface area contributed by atoms with Crippen molar-refractivity contribution >= 4 is 22.2 Å². The number of benzene rings is 1. The molecule has 2 nitrogen and oxygen atoms in total. The second kappa shape index (κ2) is 4.42. The first-order valence-corrected chi connectivity index (χ1v) is 4.84. The molecule has 0 saturated heterocycles. The lowest BCUT2D eigenvalue weighted by Crippen LogP contribution is -1.95. The first kappa shape index (κ1) is 10.3. The summed E-state index contributed by atoms with van der Waals surface area (Å²) in [5, 5.41) is 0. The van der Waals surface area contributed by atoms with Gasteiger partial charge in [-0.15, -0.1) is 0 Å². The van der Waals surface area contributed by atoms with Crippen molar-refractivity contribution in [2.24, 2.45) is 0 Å². The number of ether oxygens (including phenoxy) is 1. The smallest absolute Gasteiger partial charge is 0.151 e. The van der Waals surface area contributed by atoms with Gasteiger partial charge in [0.2, 0.25) is 0 Å². The summed E-state index contributed by atoms with van der Waals surface area (Å²) in [6, 6.07) is 3.56. The second-order valence-corrected chi connectivity index (χ2v) is 3.41. The van der Waals surface area contributed by atoms with Gasteiger partial charge in [0, 0.05) is 15.6 Å². The third kappa shape index (κ3) is 1.91. The Morgan fingerprint density at radius 1 is 1.54 bits per heavy atom. The molecule has 0 aromatic heterocycles. The molecule has 1 aromatic rings. The Morgan fingerprint density at radius 3 is 2.69 bits per heavy atom. The van der Waals surface area contributed by atoms with Gasteiger partial charge < -0.3 is 4.74 Å². The van der Waals surface area contributed by atoms with Crippen LogP contribution in [0.15, 0.2) is 16.6 Å². The summed E-state index contributed by atoms with van der Waals surface area (Å²) in [7, 11) is 1.63. The summed E-state index contributed by atoms with van der Waals surface area (Å²) in [6.45, 7) is 2.02. The SMILES string of the molecule is CCc1c(OC)ccc(C=O)c1Br. The molecule has 0 aliphatic heterocycles. The summed E-state index contributed by atoms with van der Waals surface area (Å²) in [6.07, 6.45) is 1.67. The van der Waals surface area contributed by atoms with E-state index in [0.717, 1.165) is 28.5 Å². The normalized spacial score (nSPS) is 9.77. The maximum absolute atomic E-state index is 10.6. The number of hydrogen-bond acceptors (Lipinski definition) is 2. The number of aldehydes is 1. The molecule has 1 aromatic carbocycles. The van der Waals surface area contributed by atoms with E-state index < -0.39 is 0 Å². The van der Waals surface area contributed by atoms with E-state index >= 15 is 0 Å². The molecule has 1 rings (SSSR count). The van der Waals surface area contributed by atoms with Crippen molar-refractivity contribution in [3.8, 4) is 5.75 Å². The molecule has 0 fully saturated rings. The van der Waals surface area contributed by atoms with E-state index in [0.29, 0.717) is 5.56 Å². The predicted octanol–water partition coefficient (Wildman–Crippen LogP) is 2.83. The highest BCUT2D eigenvalue weighted by atomic mass is 79.9. The van der Waals surface area contributed by atoms with Crippen LogP contribution in [0.3, 0.4) is 0 Å². The zero-order chi connectivity index (χ0) is 9.84. The van der Waals surface area contributed by atoms with Crippen LogP contribution in [0, 0.1) is 0 Å². The molecule has 0 N–H and O–H groups in total. The van der Waals surface area contributed by atoms with Gasteiger partial charge in [-0.05, 0) is 34.5 Å². The lowest BCUT2D eigenvalue weighted by atomic mass is 10.1. The lowest BCUT2D eigenvalue weighted by Gasteiger charge is -2.09. The average Bonchev–Trinajstić information content (AvgIpc) is 2.17. The molecule has 0 aliphatic rings. The van der Waals surface area contributed by atoms with Crippen LogP contribution in [0.25, 0.3) is 0 Å². The summed E-state index contributed by atoms with van der Waals surface area (Å²) in [4.78, 5) is 10.6. The Kier molecular flexibility index (Phi) is 3.48. The molecular weight excluding hydrogens is 232 g/mol. The van der Waals surface area contributed by atoms with Crippen molar-refractivity contribution in [2.45, 2.75) is 13.3 Å². The fraction of sp³-hybridized carbons (Fsp3) is 0.300. The minimum absolute atomic E-state index is 0.664. The Balaban J connectivity index is 3.31. The van der Waals surface area contributed by atoms with Gasteiger partial charge in [0.25, 0.3) is 0 Å². The lowest BCUT2D eigenvalue weighted by molar-refractivity contribution is 0.112. The van der Waals surface area contributed by atoms with E-state index in [4.69, 9.17) is 4.74 Å². The van der Waals surface area contributed by atoms with Crippen molar-refractivity contribution in [2.75, 3.05) is 7.11 Å². The molecule has 70 valence electrons. The van der Waals surface area contributed by atoms with Gasteiger partial charge in [-0.1, -0.05) is 6.92 Å². The summed E-state index contributed by atoms with van der Waals surface area (Å²) < 4.78 is 6.01. The van der Waals surface area contributed by atoms with E-state index in [1.165, 1.54) is 0 Å². The van der Waals surface area contributed by atoms with Crippen LogP contribution in [-0.4, -0.2) is 13.4 Å². The quantitative estimate of drug-likeness (QED) is 0.763. The van der Waals surface area contributed by atoms with Crippen molar-refractivity contribution in [1.29, 1.82) is 0 Å². The number of methoxy groups -OCH3 is 1. The van der Waals surface area contributed by atoms with E-state index in [9.17, 15) is 4.79 Å². The molecule has 0 unspecified atom stereocenters. The molecule has 0 atom stereocenters. The molecule has 0 heterocycles. The third-order valence-electron chi connectivity index (χ3n) is 1.93. The Morgan fingerprint density at radius 2 is 2.23 bits per heavy atom. The molecule has 0 radical (unpaired) electrons. The van der Waals surface area contributed by atoms with Gasteiger partial charge in [0.15, 0.2) is 6.29 Å². The van der Waals surface area contributed by atoms with Crippen LogP contribution >= 0.6 is 15.9 Å². The maximum atomic E-state index is 10.6. The zero-order valence-electron chi connectivity index (χ0n) is 7.63. The van der Waals surface area contributed by atoms with E-state index in [1.807, 2.05) is 13.0 Å². The van der Waals surface area contributed by atoms with Gasteiger partial charge in [0.05, 0.1) is 7.11 Å². The fourth-order valence-corrected chi connectivity index (χ4v) is 1.93. The highest BCUT2D eigenvalue weighted by Gasteiger charge is 2.09. The Hall–Kier alpha value is -0.830. The Labute approximate surface area is 86.0 Å². The van der Waals surface area contributed by atoms with Gasteiger partial charge in [-0.25, -0.2) is 0 Å². The number of rotatable bonds is 3. The molecule has 0 saturated carbocycles. The zero-order valence-corrected chi connectivity index (χ0v) is 9.22. The van der Waals surface area contributed by atoms with Gasteiger partial charge >= 0.3 is 0 Å². The third-order valence-corrected chi connectivity index (χ3v) is 2.87. The number of carbonyl (C=O) groups is 1. The van der Waals surface area contributed by atoms with E-state index in [2.05, 4.69) is 15.9 Å². The fourth-order valence-electron chi connectivity index (χ4n) is 1.23. The molecule has 13 heavy (non-hydrogen) atoms. The standard InChI is InChI=1S/C10H11BrO2/c1-3-8-9(13-2)5-4-7(6-12)10(8)11/h4-6H,3H2,1-2H3. The first-order chi connectivity index (χ1) is 6.24. The van der Waals surface area contributed by atoms with E-state index in [-0.39, 0.29) is 0 Å². The minimum Gasteiger partial charge on any atom is -0.496 e. The monoisotopic (exact) mass is 242 g/mol. The van der Waals surface area contributed by atoms with Gasteiger partial charge in [-0.2, -0.15) is 0 Å². The molecule has 3 heteroatoms. The maximum Gasteiger partial charge on any atom is 0.151 e. The number of carbonyl (C=O) groups excluding carboxylic acids is 1. The van der Waals surface area contributed by atoms with Crippen molar-refractivity contribution in [1.82, 2.24) is 0 Å². The van der Waals surface area contributed by atoms with Crippen LogP contribution in [0.5, 0.6) is 5.75 Å². The van der Waals surface area contributed by atoms with Crippen molar-refractivity contribution in [3.05, 3.63) is 27.7 Å².